The second-order valence-corrected chi connectivity index (χ2v) is 5.62. The number of rotatable bonds is 4. The van der Waals surface area contributed by atoms with Gasteiger partial charge < -0.3 is 15.2 Å². The molecule has 1 aromatic rings. The van der Waals surface area contributed by atoms with Crippen molar-refractivity contribution >= 4 is 11.6 Å². The number of nitrogen functional groups attached to an aromatic ring is 1. The third-order valence-corrected chi connectivity index (χ3v) is 4.03. The number of hydrogen-bond donors (Lipinski definition) is 2. The first-order valence-corrected chi connectivity index (χ1v) is 7.11. The van der Waals surface area contributed by atoms with Crippen LogP contribution in [0.3, 0.4) is 0 Å². The van der Waals surface area contributed by atoms with Gasteiger partial charge in [0.1, 0.15) is 0 Å². The zero-order valence-electron chi connectivity index (χ0n) is 12.3. The number of hydrogen-bond acceptors (Lipinski definition) is 4. The van der Waals surface area contributed by atoms with Gasteiger partial charge >= 0.3 is 0 Å². The zero-order chi connectivity index (χ0) is 14.5. The molecular weight excluding hydrogens is 252 g/mol. The van der Waals surface area contributed by atoms with E-state index < -0.39 is 0 Å². The van der Waals surface area contributed by atoms with Crippen LogP contribution in [0.5, 0.6) is 0 Å². The molecule has 1 heterocycles. The molecule has 3 N–H and O–H groups in total. The topological polar surface area (TPSA) is 61.6 Å². The molecule has 0 unspecified atom stereocenters. The van der Waals surface area contributed by atoms with Gasteiger partial charge in [0.15, 0.2) is 0 Å². The van der Waals surface area contributed by atoms with E-state index in [0.717, 1.165) is 32.5 Å². The van der Waals surface area contributed by atoms with Crippen molar-refractivity contribution in [1.29, 1.82) is 0 Å². The molecular formula is C15H24N4O. The van der Waals surface area contributed by atoms with Gasteiger partial charge in [0.25, 0.3) is 5.91 Å². The van der Waals surface area contributed by atoms with Gasteiger partial charge in [-0.05, 0) is 51.0 Å². The van der Waals surface area contributed by atoms with Crippen molar-refractivity contribution in [3.8, 4) is 0 Å². The molecule has 110 valence electrons. The number of benzene rings is 1. The Bertz CT molecular complexity index is 455. The SMILES string of the molecule is CN1CCC(CN(C)C(=O)c2ccccc2NN)CC1. The van der Waals surface area contributed by atoms with Gasteiger partial charge in [0.05, 0.1) is 11.3 Å². The lowest BCUT2D eigenvalue weighted by molar-refractivity contribution is 0.0748. The van der Waals surface area contributed by atoms with Crippen LogP contribution < -0.4 is 11.3 Å². The van der Waals surface area contributed by atoms with E-state index in [0.29, 0.717) is 17.2 Å². The van der Waals surface area contributed by atoms with Crippen molar-refractivity contribution in [3.05, 3.63) is 29.8 Å². The quantitative estimate of drug-likeness (QED) is 0.644. The molecule has 0 aromatic heterocycles. The third kappa shape index (κ3) is 3.49. The van der Waals surface area contributed by atoms with E-state index in [1.165, 1.54) is 0 Å². The number of amides is 1. The number of nitrogens with one attached hydrogen (secondary N) is 1. The summed E-state index contributed by atoms with van der Waals surface area (Å²) in [5.41, 5.74) is 3.89. The highest BCUT2D eigenvalue weighted by Gasteiger charge is 2.22. The Hall–Kier alpha value is -1.59. The molecule has 0 bridgehead atoms. The molecule has 2 rings (SSSR count). The molecule has 1 aliphatic rings. The number of nitrogens with two attached hydrogens (primary N) is 1. The van der Waals surface area contributed by atoms with E-state index >= 15 is 0 Å². The van der Waals surface area contributed by atoms with E-state index in [-0.39, 0.29) is 5.91 Å². The largest absolute Gasteiger partial charge is 0.341 e. The summed E-state index contributed by atoms with van der Waals surface area (Å²) in [6.07, 6.45) is 2.32. The highest BCUT2D eigenvalue weighted by Crippen LogP contribution is 2.20. The molecule has 0 aliphatic carbocycles. The summed E-state index contributed by atoms with van der Waals surface area (Å²) in [6, 6.07) is 7.35. The van der Waals surface area contributed by atoms with Gasteiger partial charge in [-0.1, -0.05) is 12.1 Å². The number of nitrogens with zero attached hydrogens (tertiary/aromatic N) is 2. The lowest BCUT2D eigenvalue weighted by Gasteiger charge is -2.31. The van der Waals surface area contributed by atoms with Crippen LogP contribution >= 0.6 is 0 Å². The highest BCUT2D eigenvalue weighted by atomic mass is 16.2. The number of carbonyl (C=O) groups excluding carboxylic acids is 1. The summed E-state index contributed by atoms with van der Waals surface area (Å²) < 4.78 is 0. The van der Waals surface area contributed by atoms with Crippen LogP contribution in [0.4, 0.5) is 5.69 Å². The lowest BCUT2D eigenvalue weighted by Crippen LogP contribution is -2.38. The predicted molar refractivity (Wildman–Crippen MR) is 81.4 cm³/mol. The standard InChI is InChI=1S/C15H24N4O/c1-18-9-7-12(8-10-18)11-19(2)15(20)13-5-3-4-6-14(13)17-16/h3-6,12,17H,7-11,16H2,1-2H3. The van der Waals surface area contributed by atoms with Gasteiger partial charge in [-0.2, -0.15) is 0 Å². The fraction of sp³-hybridized carbons (Fsp3) is 0.533. The van der Waals surface area contributed by atoms with Crippen molar-refractivity contribution in [2.24, 2.45) is 11.8 Å². The third-order valence-electron chi connectivity index (χ3n) is 4.03. The van der Waals surface area contributed by atoms with Crippen molar-refractivity contribution in [2.45, 2.75) is 12.8 Å². The average molecular weight is 276 g/mol. The van der Waals surface area contributed by atoms with Crippen LogP contribution in [0, 0.1) is 5.92 Å². The number of carbonyl (C=O) groups is 1. The van der Waals surface area contributed by atoms with E-state index in [1.54, 1.807) is 0 Å². The smallest absolute Gasteiger partial charge is 0.255 e. The Morgan fingerprint density at radius 1 is 1.40 bits per heavy atom. The minimum atomic E-state index is 0.0254. The second kappa shape index (κ2) is 6.72. The maximum absolute atomic E-state index is 12.5. The van der Waals surface area contributed by atoms with E-state index in [9.17, 15) is 4.79 Å². The first kappa shape index (κ1) is 14.8. The normalized spacial score (nSPS) is 16.9. The number of para-hydroxylation sites is 1. The van der Waals surface area contributed by atoms with Crippen LogP contribution in [0.25, 0.3) is 0 Å². The Morgan fingerprint density at radius 3 is 2.70 bits per heavy atom. The molecule has 0 atom stereocenters. The molecule has 1 amide bonds. The monoisotopic (exact) mass is 276 g/mol. The van der Waals surface area contributed by atoms with Crippen LogP contribution in [0.1, 0.15) is 23.2 Å². The summed E-state index contributed by atoms with van der Waals surface area (Å²) in [7, 11) is 4.02. The molecule has 1 aliphatic heterocycles. The molecule has 0 radical (unpaired) electrons. The zero-order valence-corrected chi connectivity index (χ0v) is 12.3. The molecule has 5 nitrogen and oxygen atoms in total. The summed E-state index contributed by atoms with van der Waals surface area (Å²) in [5.74, 6) is 6.08. The van der Waals surface area contributed by atoms with E-state index in [1.807, 2.05) is 36.2 Å². The van der Waals surface area contributed by atoms with Gasteiger partial charge in [0, 0.05) is 13.6 Å². The average Bonchev–Trinajstić information content (AvgIpc) is 2.48. The number of likely N-dealkylation sites (tertiary alicyclic amines) is 1. The van der Waals surface area contributed by atoms with Crippen LogP contribution in [0.2, 0.25) is 0 Å². The van der Waals surface area contributed by atoms with Gasteiger partial charge in [-0.3, -0.25) is 10.6 Å². The van der Waals surface area contributed by atoms with Crippen molar-refractivity contribution < 1.29 is 4.79 Å². The maximum atomic E-state index is 12.5. The lowest BCUT2D eigenvalue weighted by atomic mass is 9.96. The molecule has 0 spiro atoms. The molecule has 0 saturated carbocycles. The number of anilines is 1. The minimum absolute atomic E-state index is 0.0254. The predicted octanol–water partition coefficient (Wildman–Crippen LogP) is 1.39. The van der Waals surface area contributed by atoms with Crippen molar-refractivity contribution in [1.82, 2.24) is 9.80 Å². The van der Waals surface area contributed by atoms with Crippen molar-refractivity contribution in [3.63, 3.8) is 0 Å². The first-order valence-electron chi connectivity index (χ1n) is 7.11. The van der Waals surface area contributed by atoms with E-state index in [2.05, 4.69) is 17.4 Å². The molecule has 20 heavy (non-hydrogen) atoms. The molecule has 1 aromatic carbocycles. The molecule has 5 heteroatoms. The Balaban J connectivity index is 1.98. The summed E-state index contributed by atoms with van der Waals surface area (Å²) in [4.78, 5) is 16.6. The fourth-order valence-corrected chi connectivity index (χ4v) is 2.72. The minimum Gasteiger partial charge on any atom is -0.341 e. The molecule has 1 fully saturated rings. The first-order chi connectivity index (χ1) is 9.61. The summed E-state index contributed by atoms with van der Waals surface area (Å²) >= 11 is 0. The van der Waals surface area contributed by atoms with Crippen LogP contribution in [-0.2, 0) is 0 Å². The van der Waals surface area contributed by atoms with Gasteiger partial charge in [-0.15, -0.1) is 0 Å². The Morgan fingerprint density at radius 2 is 2.05 bits per heavy atom. The second-order valence-electron chi connectivity index (χ2n) is 5.62. The Labute approximate surface area is 120 Å². The van der Waals surface area contributed by atoms with Gasteiger partial charge in [-0.25, -0.2) is 0 Å². The summed E-state index contributed by atoms with van der Waals surface area (Å²) in [6.45, 7) is 3.05. The highest BCUT2D eigenvalue weighted by molar-refractivity contribution is 5.99. The van der Waals surface area contributed by atoms with Crippen molar-refractivity contribution in [2.75, 3.05) is 39.2 Å². The summed E-state index contributed by atoms with van der Waals surface area (Å²) in [5, 5.41) is 0. The van der Waals surface area contributed by atoms with Gasteiger partial charge in [0.2, 0.25) is 0 Å². The van der Waals surface area contributed by atoms with Crippen LogP contribution in [0.15, 0.2) is 24.3 Å². The number of hydrazine groups is 1. The maximum Gasteiger partial charge on any atom is 0.255 e. The van der Waals surface area contributed by atoms with E-state index in [4.69, 9.17) is 5.84 Å². The fourth-order valence-electron chi connectivity index (χ4n) is 2.72. The Kier molecular flexibility index (Phi) is 4.98. The van der Waals surface area contributed by atoms with Crippen LogP contribution in [-0.4, -0.2) is 49.4 Å². The number of piperidine rings is 1. The molecule has 1 saturated heterocycles.